The zero-order valence-electron chi connectivity index (χ0n) is 17.0. The summed E-state index contributed by atoms with van der Waals surface area (Å²) in [5.41, 5.74) is -0.971. The number of hydrogen-bond acceptors (Lipinski definition) is 6. The summed E-state index contributed by atoms with van der Waals surface area (Å²) in [5, 5.41) is 2.79. The van der Waals surface area contributed by atoms with E-state index in [1.54, 1.807) is 25.1 Å². The molecular weight excluding hydrogens is 408 g/mol. The first-order valence-electron chi connectivity index (χ1n) is 10.2. The summed E-state index contributed by atoms with van der Waals surface area (Å²) in [6.45, 7) is 1.89. The second kappa shape index (κ2) is 7.37. The van der Waals surface area contributed by atoms with Crippen molar-refractivity contribution in [1.82, 2.24) is 10.2 Å². The number of nitrogens with one attached hydrogen (secondary N) is 1. The number of rotatable bonds is 3. The molecule has 0 bridgehead atoms. The number of para-hydroxylation sites is 1. The van der Waals surface area contributed by atoms with E-state index in [1.165, 1.54) is 4.90 Å². The predicted octanol–water partition coefficient (Wildman–Crippen LogP) is 1.10. The molecule has 4 rings (SSSR count). The molecule has 2 saturated heterocycles. The van der Waals surface area contributed by atoms with Gasteiger partial charge >= 0.3 is 0 Å². The molecule has 30 heavy (non-hydrogen) atoms. The molecule has 1 aromatic carbocycles. The Hall–Kier alpha value is -2.42. The second-order valence-corrected chi connectivity index (χ2v) is 11.1. The minimum absolute atomic E-state index is 0.00543. The average molecular weight is 435 g/mol. The van der Waals surface area contributed by atoms with Crippen molar-refractivity contribution in [2.24, 2.45) is 0 Å². The number of fused-ring (bicyclic) bond motifs is 1. The van der Waals surface area contributed by atoms with Gasteiger partial charge in [-0.05, 0) is 31.9 Å². The molecule has 1 aromatic rings. The van der Waals surface area contributed by atoms with Crippen molar-refractivity contribution < 1.29 is 27.5 Å². The highest BCUT2D eigenvalue weighted by Gasteiger charge is 2.44. The van der Waals surface area contributed by atoms with Crippen molar-refractivity contribution in [3.8, 4) is 5.75 Å². The lowest BCUT2D eigenvalue weighted by Crippen LogP contribution is -2.51. The fourth-order valence-electron chi connectivity index (χ4n) is 4.63. The lowest BCUT2D eigenvalue weighted by Gasteiger charge is -2.37. The Bertz CT molecular complexity index is 1010. The molecule has 2 amide bonds. The van der Waals surface area contributed by atoms with Crippen molar-refractivity contribution in [3.05, 3.63) is 29.8 Å². The van der Waals surface area contributed by atoms with Gasteiger partial charge in [0.25, 0.3) is 0 Å². The molecule has 162 valence electrons. The highest BCUT2D eigenvalue weighted by atomic mass is 32.2. The molecule has 2 atom stereocenters. The van der Waals surface area contributed by atoms with E-state index in [-0.39, 0.29) is 48.5 Å². The maximum Gasteiger partial charge on any atom is 0.240 e. The third kappa shape index (κ3) is 4.21. The molecule has 0 aliphatic carbocycles. The molecule has 1 N–H and O–H groups in total. The van der Waals surface area contributed by atoms with Crippen LogP contribution in [0, 0.1) is 0 Å². The van der Waals surface area contributed by atoms with Crippen molar-refractivity contribution in [2.75, 3.05) is 24.6 Å². The quantitative estimate of drug-likeness (QED) is 0.763. The van der Waals surface area contributed by atoms with Crippen LogP contribution in [0.25, 0.3) is 0 Å². The van der Waals surface area contributed by atoms with E-state index in [1.807, 2.05) is 6.07 Å². The zero-order chi connectivity index (χ0) is 21.6. The Morgan fingerprint density at radius 2 is 1.97 bits per heavy atom. The van der Waals surface area contributed by atoms with E-state index in [9.17, 15) is 22.8 Å². The van der Waals surface area contributed by atoms with Gasteiger partial charge in [-0.25, -0.2) is 8.42 Å². The first-order valence-corrected chi connectivity index (χ1v) is 12.0. The van der Waals surface area contributed by atoms with Gasteiger partial charge < -0.3 is 15.0 Å². The number of nitrogens with zero attached hydrogens (tertiary/aromatic N) is 1. The number of carbonyl (C=O) groups is 3. The fraction of sp³-hybridized carbons (Fsp3) is 0.571. The molecule has 0 saturated carbocycles. The van der Waals surface area contributed by atoms with Crippen LogP contribution in [0.5, 0.6) is 5.75 Å². The SMILES string of the molecule is CC1(NC(=O)CN2CCC3(CCC2=O)CC(=O)c2ccccc2O3)CCS(=O)(=O)C1. The number of carbonyl (C=O) groups excluding carboxylic acids is 3. The number of amides is 2. The molecule has 1 spiro atoms. The summed E-state index contributed by atoms with van der Waals surface area (Å²) < 4.78 is 29.7. The van der Waals surface area contributed by atoms with E-state index in [0.717, 1.165) is 0 Å². The Kier molecular flexibility index (Phi) is 5.12. The maximum absolute atomic E-state index is 12.6. The fourth-order valence-corrected chi connectivity index (χ4v) is 6.72. The summed E-state index contributed by atoms with van der Waals surface area (Å²) in [5.74, 6) is -0.0143. The number of ether oxygens (including phenoxy) is 1. The predicted molar refractivity (Wildman–Crippen MR) is 109 cm³/mol. The van der Waals surface area contributed by atoms with Crippen LogP contribution in [0.2, 0.25) is 0 Å². The summed E-state index contributed by atoms with van der Waals surface area (Å²) in [6.07, 6.45) is 1.65. The van der Waals surface area contributed by atoms with Crippen LogP contribution >= 0.6 is 0 Å². The van der Waals surface area contributed by atoms with E-state index < -0.39 is 21.0 Å². The van der Waals surface area contributed by atoms with Crippen LogP contribution in [0.4, 0.5) is 0 Å². The van der Waals surface area contributed by atoms with Crippen LogP contribution in [0.3, 0.4) is 0 Å². The molecule has 9 heteroatoms. The topological polar surface area (TPSA) is 110 Å². The Morgan fingerprint density at radius 3 is 2.70 bits per heavy atom. The van der Waals surface area contributed by atoms with Gasteiger partial charge in [0.2, 0.25) is 11.8 Å². The van der Waals surface area contributed by atoms with Gasteiger partial charge in [-0.15, -0.1) is 0 Å². The monoisotopic (exact) mass is 434 g/mol. The van der Waals surface area contributed by atoms with Crippen LogP contribution in [-0.4, -0.2) is 66.7 Å². The number of sulfone groups is 1. The van der Waals surface area contributed by atoms with E-state index >= 15 is 0 Å². The molecule has 2 unspecified atom stereocenters. The van der Waals surface area contributed by atoms with Gasteiger partial charge in [-0.3, -0.25) is 14.4 Å². The molecule has 0 aromatic heterocycles. The van der Waals surface area contributed by atoms with Crippen molar-refractivity contribution in [1.29, 1.82) is 0 Å². The number of Topliss-reactive ketones (excluding diaryl/α,β-unsaturated/α-hetero) is 1. The van der Waals surface area contributed by atoms with Gasteiger partial charge in [-0.2, -0.15) is 0 Å². The third-order valence-corrected chi connectivity index (χ3v) is 8.16. The lowest BCUT2D eigenvalue weighted by molar-refractivity contribution is -0.136. The van der Waals surface area contributed by atoms with Gasteiger partial charge in [-0.1, -0.05) is 12.1 Å². The van der Waals surface area contributed by atoms with Gasteiger partial charge in [0.1, 0.15) is 11.4 Å². The van der Waals surface area contributed by atoms with Crippen molar-refractivity contribution in [2.45, 2.75) is 50.2 Å². The van der Waals surface area contributed by atoms with Crippen LogP contribution in [-0.2, 0) is 19.4 Å². The highest BCUT2D eigenvalue weighted by Crippen LogP contribution is 2.39. The summed E-state index contributed by atoms with van der Waals surface area (Å²) in [4.78, 5) is 39.3. The number of likely N-dealkylation sites (tertiary alicyclic amines) is 1. The van der Waals surface area contributed by atoms with E-state index in [2.05, 4.69) is 5.32 Å². The summed E-state index contributed by atoms with van der Waals surface area (Å²) >= 11 is 0. The third-order valence-electron chi connectivity index (χ3n) is 6.26. The molecule has 3 aliphatic heterocycles. The molecule has 3 aliphatic rings. The number of benzene rings is 1. The van der Waals surface area contributed by atoms with Gasteiger partial charge in [0, 0.05) is 19.4 Å². The summed E-state index contributed by atoms with van der Waals surface area (Å²) in [7, 11) is -3.14. The van der Waals surface area contributed by atoms with Gasteiger partial charge in [0.05, 0.1) is 35.6 Å². The molecular formula is C21H26N2O6S. The van der Waals surface area contributed by atoms with Crippen LogP contribution < -0.4 is 10.1 Å². The minimum Gasteiger partial charge on any atom is -0.486 e. The normalized spacial score (nSPS) is 30.5. The summed E-state index contributed by atoms with van der Waals surface area (Å²) in [6, 6.07) is 7.12. The Balaban J connectivity index is 1.41. The first kappa shape index (κ1) is 20.8. The molecule has 8 nitrogen and oxygen atoms in total. The standard InChI is InChI=1S/C21H26N2O6S/c1-20(9-11-30(27,28)14-20)22-18(25)13-23-10-8-21(7-6-19(23)26)12-16(24)15-4-2-3-5-17(15)29-21/h2-5H,6-14H2,1H3,(H,22,25). The number of hydrogen-bond donors (Lipinski definition) is 1. The lowest BCUT2D eigenvalue weighted by atomic mass is 9.84. The Morgan fingerprint density at radius 1 is 1.20 bits per heavy atom. The highest BCUT2D eigenvalue weighted by molar-refractivity contribution is 7.91. The van der Waals surface area contributed by atoms with Crippen LogP contribution in [0.15, 0.2) is 24.3 Å². The van der Waals surface area contributed by atoms with E-state index in [0.29, 0.717) is 37.1 Å². The zero-order valence-corrected chi connectivity index (χ0v) is 17.8. The second-order valence-electron chi connectivity index (χ2n) is 8.90. The first-order chi connectivity index (χ1) is 14.1. The maximum atomic E-state index is 12.6. The van der Waals surface area contributed by atoms with Crippen molar-refractivity contribution in [3.63, 3.8) is 0 Å². The van der Waals surface area contributed by atoms with E-state index in [4.69, 9.17) is 4.74 Å². The molecule has 3 heterocycles. The van der Waals surface area contributed by atoms with Gasteiger partial charge in [0.15, 0.2) is 15.6 Å². The molecule has 2 fully saturated rings. The molecule has 0 radical (unpaired) electrons. The largest absolute Gasteiger partial charge is 0.486 e. The Labute approximate surface area is 175 Å². The smallest absolute Gasteiger partial charge is 0.240 e. The van der Waals surface area contributed by atoms with Crippen LogP contribution in [0.1, 0.15) is 49.4 Å². The average Bonchev–Trinajstić information content (AvgIpc) is 2.87. The van der Waals surface area contributed by atoms with Crippen molar-refractivity contribution >= 4 is 27.4 Å². The number of ketones is 1. The minimum atomic E-state index is -3.14.